The first-order chi connectivity index (χ1) is 9.02. The zero-order valence-corrected chi connectivity index (χ0v) is 11.4. The lowest BCUT2D eigenvalue weighted by Crippen LogP contribution is -2.40. The summed E-state index contributed by atoms with van der Waals surface area (Å²) < 4.78 is 14.0. The van der Waals surface area contributed by atoms with Crippen LogP contribution >= 0.6 is 0 Å². The smallest absolute Gasteiger partial charge is 0.337 e. The molecule has 4 heteroatoms. The van der Waals surface area contributed by atoms with E-state index < -0.39 is 11.8 Å². The van der Waals surface area contributed by atoms with Crippen molar-refractivity contribution in [1.82, 2.24) is 0 Å². The number of para-hydroxylation sites is 1. The van der Waals surface area contributed by atoms with Crippen molar-refractivity contribution < 1.29 is 14.3 Å². The Morgan fingerprint density at radius 3 is 2.68 bits per heavy atom. The average molecular weight is 265 g/mol. The second kappa shape index (κ2) is 5.59. The summed E-state index contributed by atoms with van der Waals surface area (Å²) in [5, 5.41) is 9.21. The van der Waals surface area contributed by atoms with E-state index in [4.69, 9.17) is 0 Å². The average Bonchev–Trinajstić information content (AvgIpc) is 2.38. The third-order valence-electron chi connectivity index (χ3n) is 4.13. The van der Waals surface area contributed by atoms with Crippen LogP contribution in [0.15, 0.2) is 18.2 Å². The molecule has 1 aliphatic carbocycles. The molecule has 2 unspecified atom stereocenters. The third kappa shape index (κ3) is 2.72. The number of carboxylic acids is 1. The van der Waals surface area contributed by atoms with E-state index in [9.17, 15) is 14.3 Å². The Morgan fingerprint density at radius 1 is 1.37 bits per heavy atom. The molecule has 0 saturated heterocycles. The van der Waals surface area contributed by atoms with Crippen LogP contribution in [-0.4, -0.2) is 24.2 Å². The lowest BCUT2D eigenvalue weighted by Gasteiger charge is -2.38. The van der Waals surface area contributed by atoms with Gasteiger partial charge in [0.15, 0.2) is 0 Å². The maximum Gasteiger partial charge on any atom is 0.337 e. The molecule has 2 rings (SSSR count). The number of benzene rings is 1. The number of anilines is 1. The number of hydrogen-bond acceptors (Lipinski definition) is 2. The second-order valence-corrected chi connectivity index (χ2v) is 5.38. The standard InChI is InChI=1S/C15H20FNO2/c1-10-6-3-4-9-13(10)17(2)14-11(15(18)19)7-5-8-12(14)16/h5,7-8,10,13H,3-4,6,9H2,1-2H3,(H,18,19). The fraction of sp³-hybridized carbons (Fsp3) is 0.533. The van der Waals surface area contributed by atoms with E-state index >= 15 is 0 Å². The summed E-state index contributed by atoms with van der Waals surface area (Å²) in [6.45, 7) is 2.15. The van der Waals surface area contributed by atoms with Crippen LogP contribution in [0.4, 0.5) is 10.1 Å². The Morgan fingerprint density at radius 2 is 2.05 bits per heavy atom. The van der Waals surface area contributed by atoms with Crippen molar-refractivity contribution in [3.8, 4) is 0 Å². The monoisotopic (exact) mass is 265 g/mol. The van der Waals surface area contributed by atoms with E-state index in [1.54, 1.807) is 7.05 Å². The first-order valence-corrected chi connectivity index (χ1v) is 6.77. The number of aromatic carboxylic acids is 1. The van der Waals surface area contributed by atoms with Crippen molar-refractivity contribution in [3.05, 3.63) is 29.6 Å². The minimum absolute atomic E-state index is 0.0419. The van der Waals surface area contributed by atoms with Gasteiger partial charge >= 0.3 is 5.97 Å². The van der Waals surface area contributed by atoms with E-state index in [0.29, 0.717) is 5.92 Å². The predicted octanol–water partition coefficient (Wildman–Crippen LogP) is 3.54. The Balaban J connectivity index is 2.37. The summed E-state index contributed by atoms with van der Waals surface area (Å²) in [5.74, 6) is -1.08. The molecule has 1 fully saturated rings. The van der Waals surface area contributed by atoms with Crippen LogP contribution in [0.3, 0.4) is 0 Å². The van der Waals surface area contributed by atoms with Crippen molar-refractivity contribution in [2.24, 2.45) is 5.92 Å². The van der Waals surface area contributed by atoms with E-state index in [-0.39, 0.29) is 17.3 Å². The van der Waals surface area contributed by atoms with Gasteiger partial charge in [0.2, 0.25) is 0 Å². The SMILES string of the molecule is CC1CCCCC1N(C)c1c(F)cccc1C(=O)O. The molecule has 1 aromatic rings. The van der Waals surface area contributed by atoms with Gasteiger partial charge in [0.1, 0.15) is 5.82 Å². The Kier molecular flexibility index (Phi) is 4.08. The second-order valence-electron chi connectivity index (χ2n) is 5.38. The third-order valence-corrected chi connectivity index (χ3v) is 4.13. The van der Waals surface area contributed by atoms with Crippen LogP contribution in [0.5, 0.6) is 0 Å². The van der Waals surface area contributed by atoms with Gasteiger partial charge in [-0.1, -0.05) is 25.8 Å². The van der Waals surface area contributed by atoms with Gasteiger partial charge in [-0.3, -0.25) is 0 Å². The molecular weight excluding hydrogens is 245 g/mol. The van der Waals surface area contributed by atoms with Gasteiger partial charge in [-0.15, -0.1) is 0 Å². The van der Waals surface area contributed by atoms with E-state index in [0.717, 1.165) is 19.3 Å². The largest absolute Gasteiger partial charge is 0.478 e. The van der Waals surface area contributed by atoms with Gasteiger partial charge in [-0.05, 0) is 30.9 Å². The Hall–Kier alpha value is -1.58. The number of nitrogens with zero attached hydrogens (tertiary/aromatic N) is 1. The predicted molar refractivity (Wildman–Crippen MR) is 73.2 cm³/mol. The number of hydrogen-bond donors (Lipinski definition) is 1. The summed E-state index contributed by atoms with van der Waals surface area (Å²) in [7, 11) is 1.80. The highest BCUT2D eigenvalue weighted by atomic mass is 19.1. The molecule has 1 aliphatic rings. The molecule has 0 bridgehead atoms. The fourth-order valence-electron chi connectivity index (χ4n) is 3.08. The number of halogens is 1. The quantitative estimate of drug-likeness (QED) is 0.908. The normalized spacial score (nSPS) is 23.1. The van der Waals surface area contributed by atoms with Crippen molar-refractivity contribution >= 4 is 11.7 Å². The molecule has 104 valence electrons. The molecule has 0 radical (unpaired) electrons. The molecule has 19 heavy (non-hydrogen) atoms. The van der Waals surface area contributed by atoms with Gasteiger partial charge in [-0.25, -0.2) is 9.18 Å². The summed E-state index contributed by atoms with van der Waals surface area (Å²) in [4.78, 5) is 13.1. The molecule has 0 aromatic heterocycles. The minimum Gasteiger partial charge on any atom is -0.478 e. The molecule has 0 aliphatic heterocycles. The molecule has 1 saturated carbocycles. The molecule has 0 heterocycles. The lowest BCUT2D eigenvalue weighted by molar-refractivity contribution is 0.0697. The van der Waals surface area contributed by atoms with Crippen LogP contribution in [0.2, 0.25) is 0 Å². The topological polar surface area (TPSA) is 40.5 Å². The number of carboxylic acid groups (broad SMARTS) is 1. The van der Waals surface area contributed by atoms with E-state index in [2.05, 4.69) is 6.92 Å². The fourth-order valence-corrected chi connectivity index (χ4v) is 3.08. The summed E-state index contributed by atoms with van der Waals surface area (Å²) in [6, 6.07) is 4.44. The maximum atomic E-state index is 14.0. The highest BCUT2D eigenvalue weighted by Gasteiger charge is 2.29. The number of carbonyl (C=O) groups is 1. The van der Waals surface area contributed by atoms with E-state index in [1.807, 2.05) is 4.90 Å². The Bertz CT molecular complexity index is 475. The van der Waals surface area contributed by atoms with Crippen LogP contribution in [0.1, 0.15) is 43.0 Å². The lowest BCUT2D eigenvalue weighted by atomic mass is 9.84. The maximum absolute atomic E-state index is 14.0. The van der Waals surface area contributed by atoms with Crippen molar-refractivity contribution in [3.63, 3.8) is 0 Å². The first-order valence-electron chi connectivity index (χ1n) is 6.77. The van der Waals surface area contributed by atoms with Crippen molar-refractivity contribution in [2.45, 2.75) is 38.6 Å². The molecular formula is C15H20FNO2. The molecule has 0 amide bonds. The molecule has 1 aromatic carbocycles. The summed E-state index contributed by atoms with van der Waals surface area (Å²) in [6.07, 6.45) is 4.43. The molecule has 3 nitrogen and oxygen atoms in total. The van der Waals surface area contributed by atoms with Gasteiger partial charge in [0.25, 0.3) is 0 Å². The van der Waals surface area contributed by atoms with Crippen LogP contribution in [-0.2, 0) is 0 Å². The molecule has 2 atom stereocenters. The van der Waals surface area contributed by atoms with E-state index in [1.165, 1.54) is 24.6 Å². The van der Waals surface area contributed by atoms with Gasteiger partial charge < -0.3 is 10.0 Å². The van der Waals surface area contributed by atoms with Crippen molar-refractivity contribution in [2.75, 3.05) is 11.9 Å². The van der Waals surface area contributed by atoms with Crippen molar-refractivity contribution in [1.29, 1.82) is 0 Å². The van der Waals surface area contributed by atoms with Crippen LogP contribution < -0.4 is 4.90 Å². The minimum atomic E-state index is -1.08. The Labute approximate surface area is 113 Å². The van der Waals surface area contributed by atoms with Crippen LogP contribution in [0, 0.1) is 11.7 Å². The zero-order chi connectivity index (χ0) is 14.0. The highest BCUT2D eigenvalue weighted by molar-refractivity contribution is 5.94. The summed E-state index contributed by atoms with van der Waals surface area (Å²) >= 11 is 0. The summed E-state index contributed by atoms with van der Waals surface area (Å²) in [5.41, 5.74) is 0.258. The molecule has 1 N–H and O–H groups in total. The molecule has 0 spiro atoms. The van der Waals surface area contributed by atoms with Gasteiger partial charge in [0, 0.05) is 13.1 Å². The zero-order valence-electron chi connectivity index (χ0n) is 11.4. The van der Waals surface area contributed by atoms with Gasteiger partial charge in [-0.2, -0.15) is 0 Å². The first kappa shape index (κ1) is 13.8. The highest BCUT2D eigenvalue weighted by Crippen LogP contribution is 2.33. The van der Waals surface area contributed by atoms with Crippen LogP contribution in [0.25, 0.3) is 0 Å². The number of rotatable bonds is 3. The van der Waals surface area contributed by atoms with Gasteiger partial charge in [0.05, 0.1) is 11.3 Å².